The van der Waals surface area contributed by atoms with E-state index in [2.05, 4.69) is 31.3 Å². The molecule has 4 rings (SSSR count). The number of aliphatic imine (C=N–C) groups is 2. The predicted octanol–water partition coefficient (Wildman–Crippen LogP) is 0.286. The molecule has 22 heteroatoms. The van der Waals surface area contributed by atoms with Gasteiger partial charge in [-0.15, -0.1) is 23.2 Å². The monoisotopic (exact) mass is 996 g/mol. The van der Waals surface area contributed by atoms with Gasteiger partial charge in [-0.05, 0) is 68.9 Å². The lowest BCUT2D eigenvalue weighted by Crippen LogP contribution is -2.56. The van der Waals surface area contributed by atoms with Gasteiger partial charge in [0.15, 0.2) is 23.5 Å². The normalized spacial score (nSPS) is 17.1. The van der Waals surface area contributed by atoms with Crippen LogP contribution >= 0.6 is 23.2 Å². The average molecular weight is 998 g/mol. The summed E-state index contributed by atoms with van der Waals surface area (Å²) >= 11 is 11.7. The quantitative estimate of drug-likeness (QED) is 0.0247. The first-order valence-corrected chi connectivity index (χ1v) is 24.3. The Morgan fingerprint density at radius 2 is 0.928 bits per heavy atom. The molecule has 2 heterocycles. The number of carbonyl (C=O) groups excluding carboxylic acids is 8. The summed E-state index contributed by atoms with van der Waals surface area (Å²) in [4.78, 5) is 119. The zero-order valence-corrected chi connectivity index (χ0v) is 40.3. The molecule has 0 radical (unpaired) electrons. The number of ketones is 2. The zero-order valence-electron chi connectivity index (χ0n) is 38.8. The number of guanidine groups is 2. The van der Waals surface area contributed by atoms with Gasteiger partial charge < -0.3 is 54.0 Å². The molecule has 0 aromatic heterocycles. The second-order valence-electron chi connectivity index (χ2n) is 17.1. The summed E-state index contributed by atoms with van der Waals surface area (Å²) in [5, 5.41) is 11.2. The number of Topliss-reactive ketones (excluding diaryl/α,β-unsaturated/α-hetero) is 2. The summed E-state index contributed by atoms with van der Waals surface area (Å²) < 4.78 is 0. The molecule has 12 N–H and O–H groups in total. The maximum Gasteiger partial charge on any atom is 0.246 e. The number of carbonyl (C=O) groups is 8. The van der Waals surface area contributed by atoms with E-state index in [-0.39, 0.29) is 94.8 Å². The van der Waals surface area contributed by atoms with Crippen LogP contribution in [0.2, 0.25) is 0 Å². The number of hydrogen-bond acceptors (Lipinski definition) is 10. The molecule has 2 saturated heterocycles. The van der Waals surface area contributed by atoms with Crippen molar-refractivity contribution in [2.24, 2.45) is 32.9 Å². The van der Waals surface area contributed by atoms with E-state index in [0.717, 1.165) is 11.1 Å². The maximum atomic E-state index is 14.3. The Hall–Kier alpha value is -6.28. The molecule has 69 heavy (non-hydrogen) atoms. The number of rotatable bonds is 28. The van der Waals surface area contributed by atoms with Crippen LogP contribution in [0.1, 0.15) is 81.8 Å². The molecule has 376 valence electrons. The summed E-state index contributed by atoms with van der Waals surface area (Å²) in [5.41, 5.74) is 23.1. The number of nitrogens with one attached hydrogen (secondary N) is 4. The summed E-state index contributed by atoms with van der Waals surface area (Å²) in [6, 6.07) is 12.4. The first kappa shape index (κ1) is 55.3. The number of benzene rings is 2. The third-order valence-corrected chi connectivity index (χ3v) is 12.4. The van der Waals surface area contributed by atoms with Gasteiger partial charge in [0.2, 0.25) is 35.4 Å². The van der Waals surface area contributed by atoms with Crippen molar-refractivity contribution in [2.75, 3.05) is 37.9 Å². The van der Waals surface area contributed by atoms with Crippen LogP contribution in [0.3, 0.4) is 0 Å². The molecule has 0 bridgehead atoms. The first-order valence-electron chi connectivity index (χ1n) is 23.3. The molecule has 2 aromatic carbocycles. The van der Waals surface area contributed by atoms with Gasteiger partial charge in [0.25, 0.3) is 0 Å². The fourth-order valence-corrected chi connectivity index (χ4v) is 8.78. The van der Waals surface area contributed by atoms with Crippen LogP contribution in [0.4, 0.5) is 0 Å². The van der Waals surface area contributed by atoms with E-state index in [9.17, 15) is 38.4 Å². The number of nitrogens with two attached hydrogens (primary N) is 4. The standard InChI is InChI=1S/C47H66Cl2N12O8/c48-28-38(62)32(16-8-22-54-46(50)51)58-42(66)36-18-10-24-60(36)44(68)34(26-30-12-3-1-4-13-30)56-40(64)20-7-21-41(65)57-35(27-31-14-5-2-6-15-31)45(69)61-25-11-19-37(61)43(67)59-33(39(63)29-49)17-9-23-55-47(52)53/h1-6,12-15,32-37H,7-11,16-29H2,(H,56,64)(H,57,65)(H,58,66)(H,59,67)(H4,50,51,54)(H4,52,53,55)/t32-,33-,34+,35+,36-,37-/m0/s1. The maximum absolute atomic E-state index is 14.3. The molecule has 6 amide bonds. The Morgan fingerprint density at radius 1 is 0.551 bits per heavy atom. The number of amides is 6. The number of alkyl halides is 2. The Balaban J connectivity index is 1.40. The largest absolute Gasteiger partial charge is 0.370 e. The highest BCUT2D eigenvalue weighted by atomic mass is 35.5. The zero-order chi connectivity index (χ0) is 50.3. The lowest BCUT2D eigenvalue weighted by Gasteiger charge is -2.30. The van der Waals surface area contributed by atoms with Crippen LogP contribution in [-0.4, -0.2) is 143 Å². The molecular formula is C47H66Cl2N12O8. The van der Waals surface area contributed by atoms with Gasteiger partial charge in [0.05, 0.1) is 23.8 Å². The number of likely N-dealkylation sites (tertiary alicyclic amines) is 2. The second kappa shape index (κ2) is 28.9. The molecule has 20 nitrogen and oxygen atoms in total. The third kappa shape index (κ3) is 18.3. The third-order valence-electron chi connectivity index (χ3n) is 11.9. The highest BCUT2D eigenvalue weighted by Gasteiger charge is 2.40. The molecule has 2 aliphatic heterocycles. The minimum Gasteiger partial charge on any atom is -0.370 e. The van der Waals surface area contributed by atoms with Gasteiger partial charge >= 0.3 is 0 Å². The summed E-state index contributed by atoms with van der Waals surface area (Å²) in [6.45, 7) is 0.984. The number of halogens is 2. The Labute approximate surface area is 412 Å². The van der Waals surface area contributed by atoms with Crippen LogP contribution < -0.4 is 44.2 Å². The molecular weight excluding hydrogens is 931 g/mol. The van der Waals surface area contributed by atoms with E-state index in [0.29, 0.717) is 38.5 Å². The van der Waals surface area contributed by atoms with Crippen molar-refractivity contribution < 1.29 is 38.4 Å². The van der Waals surface area contributed by atoms with Crippen molar-refractivity contribution in [3.05, 3.63) is 71.8 Å². The Morgan fingerprint density at radius 3 is 1.28 bits per heavy atom. The van der Waals surface area contributed by atoms with Crippen molar-refractivity contribution in [3.8, 4) is 0 Å². The molecule has 0 unspecified atom stereocenters. The minimum absolute atomic E-state index is 0.0675. The van der Waals surface area contributed by atoms with Gasteiger partial charge in [0.1, 0.15) is 24.2 Å². The van der Waals surface area contributed by atoms with Crippen molar-refractivity contribution in [1.82, 2.24) is 31.1 Å². The van der Waals surface area contributed by atoms with Crippen molar-refractivity contribution in [2.45, 2.75) is 120 Å². The predicted molar refractivity (Wildman–Crippen MR) is 263 cm³/mol. The smallest absolute Gasteiger partial charge is 0.246 e. The van der Waals surface area contributed by atoms with Gasteiger partial charge in [-0.2, -0.15) is 0 Å². The molecule has 0 spiro atoms. The van der Waals surface area contributed by atoms with Crippen molar-refractivity contribution in [3.63, 3.8) is 0 Å². The van der Waals surface area contributed by atoms with Crippen molar-refractivity contribution >= 4 is 82.1 Å². The van der Waals surface area contributed by atoms with E-state index < -0.39 is 83.3 Å². The van der Waals surface area contributed by atoms with Crippen LogP contribution in [0, 0.1) is 0 Å². The number of hydrogen-bond donors (Lipinski definition) is 8. The molecule has 2 aliphatic rings. The lowest BCUT2D eigenvalue weighted by atomic mass is 10.0. The highest BCUT2D eigenvalue weighted by molar-refractivity contribution is 6.29. The van der Waals surface area contributed by atoms with E-state index in [1.54, 1.807) is 24.3 Å². The topological polar surface area (TPSA) is 320 Å². The molecule has 0 aliphatic carbocycles. The minimum atomic E-state index is -1.06. The van der Waals surface area contributed by atoms with Gasteiger partial charge in [-0.1, -0.05) is 60.7 Å². The Bertz CT molecular complexity index is 1980. The van der Waals surface area contributed by atoms with Crippen LogP contribution in [0.15, 0.2) is 70.6 Å². The summed E-state index contributed by atoms with van der Waals surface area (Å²) in [5.74, 6) is -4.64. The van der Waals surface area contributed by atoms with Gasteiger partial charge in [-0.3, -0.25) is 48.3 Å². The number of nitrogens with zero attached hydrogens (tertiary/aromatic N) is 4. The van der Waals surface area contributed by atoms with E-state index in [4.69, 9.17) is 46.1 Å². The summed E-state index contributed by atoms with van der Waals surface area (Å²) in [6.07, 6.45) is 2.98. The lowest BCUT2D eigenvalue weighted by molar-refractivity contribution is -0.142. The SMILES string of the molecule is NC(N)=NCCC[C@H](NC(=O)[C@@H]1CCCN1C(=O)[C@@H](Cc1ccccc1)NC(=O)CCCC(=O)N[C@H](Cc1ccccc1)C(=O)N1CCC[C@H]1C(=O)N[C@@H](CCCN=C(N)N)C(=O)CCl)C(=O)CCl. The van der Waals surface area contributed by atoms with Crippen LogP contribution in [-0.2, 0) is 51.2 Å². The van der Waals surface area contributed by atoms with Gasteiger partial charge in [-0.25, -0.2) is 0 Å². The average Bonchev–Trinajstić information content (AvgIpc) is 4.04. The second-order valence-corrected chi connectivity index (χ2v) is 17.6. The van der Waals surface area contributed by atoms with Crippen molar-refractivity contribution in [1.29, 1.82) is 0 Å². The highest BCUT2D eigenvalue weighted by Crippen LogP contribution is 2.23. The molecule has 6 atom stereocenters. The summed E-state index contributed by atoms with van der Waals surface area (Å²) in [7, 11) is 0. The molecule has 0 saturated carbocycles. The first-order chi connectivity index (χ1) is 33.1. The van der Waals surface area contributed by atoms with Crippen LogP contribution in [0.25, 0.3) is 0 Å². The Kier molecular flexibility index (Phi) is 23.2. The molecule has 2 aromatic rings. The van der Waals surface area contributed by atoms with E-state index in [1.807, 2.05) is 36.4 Å². The van der Waals surface area contributed by atoms with E-state index in [1.165, 1.54) is 9.80 Å². The fourth-order valence-electron chi connectivity index (χ4n) is 8.41. The van der Waals surface area contributed by atoms with Crippen LogP contribution in [0.5, 0.6) is 0 Å². The van der Waals surface area contributed by atoms with E-state index >= 15 is 0 Å². The van der Waals surface area contributed by atoms with Gasteiger partial charge in [0, 0.05) is 51.9 Å². The molecule has 2 fully saturated rings. The fraction of sp³-hybridized carbons (Fsp3) is 0.532.